The molecule has 1 aliphatic heterocycles. The Hall–Kier alpha value is -3.44. The van der Waals surface area contributed by atoms with Gasteiger partial charge in [0.05, 0.1) is 25.4 Å². The van der Waals surface area contributed by atoms with Gasteiger partial charge in [0.15, 0.2) is 0 Å². The van der Waals surface area contributed by atoms with Crippen LogP contribution in [-0.2, 0) is 4.74 Å². The van der Waals surface area contributed by atoms with E-state index in [4.69, 9.17) is 27.0 Å². The fraction of sp³-hybridized carbons (Fsp3) is 0.111. The van der Waals surface area contributed by atoms with Crippen molar-refractivity contribution >= 4 is 11.8 Å². The fourth-order valence-electron chi connectivity index (χ4n) is 2.04. The number of hydrogen-bond acceptors (Lipinski definition) is 4. The van der Waals surface area contributed by atoms with Gasteiger partial charge in [-0.05, 0) is 48.4 Å². The van der Waals surface area contributed by atoms with E-state index in [1.807, 2.05) is 24.3 Å². The smallest absolute Gasteiger partial charge is 0.269 e. The largest absolute Gasteiger partial charge is 0.495 e. The molecule has 0 spiro atoms. The van der Waals surface area contributed by atoms with Gasteiger partial charge in [-0.25, -0.2) is 10.1 Å². The molecule has 0 aliphatic carbocycles. The fourth-order valence-corrected chi connectivity index (χ4v) is 2.04. The normalized spacial score (nSPS) is 15.8. The second-order valence-corrected chi connectivity index (χ2v) is 4.77. The number of methoxy groups -OCH3 is 1. The van der Waals surface area contributed by atoms with E-state index < -0.39 is 0 Å². The molecule has 1 heterocycles. The van der Waals surface area contributed by atoms with Gasteiger partial charge in [0.25, 0.3) is 5.70 Å². The molecule has 23 heavy (non-hydrogen) atoms. The molecule has 0 aromatic heterocycles. The lowest BCUT2D eigenvalue weighted by atomic mass is 10.1. The van der Waals surface area contributed by atoms with Crippen LogP contribution in [-0.4, -0.2) is 7.11 Å². The van der Waals surface area contributed by atoms with Crippen LogP contribution in [0.4, 0.5) is 5.69 Å². The summed E-state index contributed by atoms with van der Waals surface area (Å²) in [4.78, 5) is 3.22. The third-order valence-electron chi connectivity index (χ3n) is 3.12. The molecule has 114 valence electrons. The van der Waals surface area contributed by atoms with E-state index in [2.05, 4.69) is 4.85 Å². The summed E-state index contributed by atoms with van der Waals surface area (Å²) in [7, 11) is 1.56. The molecule has 1 aliphatic rings. The number of anilines is 1. The molecule has 0 unspecified atom stereocenters. The summed E-state index contributed by atoms with van der Waals surface area (Å²) in [5.74, 6) is 1.77. The first kappa shape index (κ1) is 15.9. The van der Waals surface area contributed by atoms with E-state index in [1.165, 1.54) is 0 Å². The predicted molar refractivity (Wildman–Crippen MR) is 88.6 cm³/mol. The average Bonchev–Trinajstić information content (AvgIpc) is 2.55. The van der Waals surface area contributed by atoms with Gasteiger partial charge in [-0.15, -0.1) is 0 Å². The molecule has 2 rings (SSSR count). The molecule has 0 amide bonds. The Bertz CT molecular complexity index is 815. The van der Waals surface area contributed by atoms with Crippen LogP contribution in [0.3, 0.4) is 0 Å². The predicted octanol–water partition coefficient (Wildman–Crippen LogP) is 3.81. The summed E-state index contributed by atoms with van der Waals surface area (Å²) in [6.07, 6.45) is 6.93. The average molecular weight is 305 g/mol. The van der Waals surface area contributed by atoms with Crippen molar-refractivity contribution < 1.29 is 9.47 Å². The highest BCUT2D eigenvalue weighted by molar-refractivity contribution is 5.62. The van der Waals surface area contributed by atoms with Crippen LogP contribution in [0.15, 0.2) is 59.2 Å². The first-order valence-electron chi connectivity index (χ1n) is 6.78. The van der Waals surface area contributed by atoms with Gasteiger partial charge >= 0.3 is 0 Å². The Morgan fingerprint density at radius 1 is 1.39 bits per heavy atom. The van der Waals surface area contributed by atoms with Crippen molar-refractivity contribution in [1.29, 1.82) is 5.26 Å². The number of ether oxygens (including phenoxy) is 2. The number of rotatable bonds is 3. The van der Waals surface area contributed by atoms with Crippen LogP contribution in [0.2, 0.25) is 0 Å². The molecule has 0 saturated carbocycles. The Morgan fingerprint density at radius 2 is 2.17 bits per heavy atom. The van der Waals surface area contributed by atoms with Crippen molar-refractivity contribution in [1.82, 2.24) is 0 Å². The number of hydrogen-bond donors (Lipinski definition) is 1. The summed E-state index contributed by atoms with van der Waals surface area (Å²) in [5.41, 5.74) is 7.82. The maximum atomic E-state index is 8.98. The lowest BCUT2D eigenvalue weighted by molar-refractivity contribution is 0.318. The molecule has 2 N–H and O–H groups in total. The third kappa shape index (κ3) is 3.81. The molecule has 0 radical (unpaired) electrons. The van der Waals surface area contributed by atoms with Gasteiger partial charge in [0.1, 0.15) is 17.3 Å². The van der Waals surface area contributed by atoms with Crippen LogP contribution < -0.4 is 10.5 Å². The van der Waals surface area contributed by atoms with Gasteiger partial charge < -0.3 is 15.2 Å². The zero-order chi connectivity index (χ0) is 16.8. The minimum atomic E-state index is 0.0349. The van der Waals surface area contributed by atoms with E-state index >= 15 is 0 Å². The highest BCUT2D eigenvalue weighted by Gasteiger charge is 2.10. The zero-order valence-electron chi connectivity index (χ0n) is 12.8. The van der Waals surface area contributed by atoms with Crippen molar-refractivity contribution in [3.8, 4) is 11.8 Å². The molecular formula is C18H15N3O2. The van der Waals surface area contributed by atoms with Crippen LogP contribution in [0, 0.1) is 17.9 Å². The van der Waals surface area contributed by atoms with E-state index in [9.17, 15) is 0 Å². The molecule has 1 aromatic carbocycles. The molecule has 1 aromatic rings. The Labute approximate surface area is 135 Å². The van der Waals surface area contributed by atoms with Crippen molar-refractivity contribution in [2.45, 2.75) is 6.92 Å². The molecule has 0 atom stereocenters. The summed E-state index contributed by atoms with van der Waals surface area (Å²) < 4.78 is 10.8. The van der Waals surface area contributed by atoms with Gasteiger partial charge in [0, 0.05) is 0 Å². The minimum absolute atomic E-state index is 0.0349. The van der Waals surface area contributed by atoms with Gasteiger partial charge in [-0.2, -0.15) is 0 Å². The monoisotopic (exact) mass is 305 g/mol. The standard InChI is InChI=1S/C18H15N3O2/c1-12-8-14(17(11-19)21-2)10-15(23-12)6-4-13-5-7-16(20)18(9-13)22-3/h4-10H,20H2,1,3H3/b6-4+,17-14+. The topological polar surface area (TPSA) is 72.6 Å². The minimum Gasteiger partial charge on any atom is -0.495 e. The number of allylic oxidation sites excluding steroid dienone is 6. The van der Waals surface area contributed by atoms with E-state index in [0.29, 0.717) is 28.5 Å². The third-order valence-corrected chi connectivity index (χ3v) is 3.12. The van der Waals surface area contributed by atoms with Crippen molar-refractivity contribution in [3.63, 3.8) is 0 Å². The second kappa shape index (κ2) is 7.02. The Morgan fingerprint density at radius 3 is 2.83 bits per heavy atom. The number of nitriles is 1. The highest BCUT2D eigenvalue weighted by atomic mass is 16.5. The van der Waals surface area contributed by atoms with E-state index in [-0.39, 0.29) is 5.70 Å². The number of benzene rings is 1. The van der Waals surface area contributed by atoms with Crippen LogP contribution in [0.5, 0.6) is 5.75 Å². The summed E-state index contributed by atoms with van der Waals surface area (Å²) in [6, 6.07) is 7.32. The molecule has 5 nitrogen and oxygen atoms in total. The van der Waals surface area contributed by atoms with Gasteiger partial charge in [0.2, 0.25) is 0 Å². The van der Waals surface area contributed by atoms with Gasteiger partial charge in [-0.1, -0.05) is 12.1 Å². The number of nitrogens with zero attached hydrogens (tertiary/aromatic N) is 2. The maximum Gasteiger partial charge on any atom is 0.269 e. The first-order chi connectivity index (χ1) is 11.1. The summed E-state index contributed by atoms with van der Waals surface area (Å²) in [5, 5.41) is 8.98. The zero-order valence-corrected chi connectivity index (χ0v) is 12.8. The molecule has 0 saturated heterocycles. The molecule has 5 heteroatoms. The lowest BCUT2D eigenvalue weighted by Gasteiger charge is -2.13. The summed E-state index contributed by atoms with van der Waals surface area (Å²) >= 11 is 0. The number of nitrogen functional groups attached to an aromatic ring is 1. The maximum absolute atomic E-state index is 8.98. The Balaban J connectivity index is 2.31. The van der Waals surface area contributed by atoms with Crippen molar-refractivity contribution in [3.05, 3.63) is 76.2 Å². The number of nitrogens with two attached hydrogens (primary N) is 1. The molecule has 0 fully saturated rings. The van der Waals surface area contributed by atoms with Crippen LogP contribution >= 0.6 is 0 Å². The van der Waals surface area contributed by atoms with E-state index in [1.54, 1.807) is 38.3 Å². The molecule has 0 bridgehead atoms. The quantitative estimate of drug-likeness (QED) is 0.523. The second-order valence-electron chi connectivity index (χ2n) is 4.77. The first-order valence-corrected chi connectivity index (χ1v) is 6.78. The van der Waals surface area contributed by atoms with Crippen LogP contribution in [0.25, 0.3) is 10.9 Å². The Kier molecular flexibility index (Phi) is 4.86. The van der Waals surface area contributed by atoms with Crippen molar-refractivity contribution in [2.24, 2.45) is 0 Å². The lowest BCUT2D eigenvalue weighted by Crippen LogP contribution is -1.97. The highest BCUT2D eigenvalue weighted by Crippen LogP contribution is 2.25. The van der Waals surface area contributed by atoms with E-state index in [0.717, 1.165) is 5.56 Å². The summed E-state index contributed by atoms with van der Waals surface area (Å²) in [6.45, 7) is 8.80. The van der Waals surface area contributed by atoms with Crippen molar-refractivity contribution in [2.75, 3.05) is 12.8 Å². The van der Waals surface area contributed by atoms with Gasteiger partial charge in [-0.3, -0.25) is 0 Å². The molecular weight excluding hydrogens is 290 g/mol. The van der Waals surface area contributed by atoms with Crippen LogP contribution in [0.1, 0.15) is 12.5 Å². The SMILES string of the molecule is [C-]#[N+]/C(C#N)=C1\C=C(C)OC(/C=C/c2ccc(N)c(OC)c2)=C1.